The van der Waals surface area contributed by atoms with Gasteiger partial charge < -0.3 is 10.1 Å². The highest BCUT2D eigenvalue weighted by molar-refractivity contribution is 5.70. The van der Waals surface area contributed by atoms with E-state index in [1.807, 2.05) is 18.2 Å². The fourth-order valence-corrected chi connectivity index (χ4v) is 3.20. The molecule has 3 atom stereocenters. The highest BCUT2D eigenvalue weighted by Gasteiger charge is 2.40. The fourth-order valence-electron chi connectivity index (χ4n) is 3.20. The molecule has 17 heavy (non-hydrogen) atoms. The van der Waals surface area contributed by atoms with Crippen LogP contribution in [0.4, 0.5) is 4.79 Å². The second kappa shape index (κ2) is 4.40. The van der Waals surface area contributed by atoms with Gasteiger partial charge in [0.2, 0.25) is 0 Å². The van der Waals surface area contributed by atoms with Gasteiger partial charge in [0.25, 0.3) is 0 Å². The molecule has 1 aromatic carbocycles. The van der Waals surface area contributed by atoms with Crippen LogP contribution in [-0.2, 0) is 0 Å². The first kappa shape index (κ1) is 10.6. The SMILES string of the molecule is O=C(N[C@@H]1CC2CCC1C2)Oc1ccccc1. The van der Waals surface area contributed by atoms with Crippen LogP contribution in [0.25, 0.3) is 0 Å². The number of benzene rings is 1. The summed E-state index contributed by atoms with van der Waals surface area (Å²) in [7, 11) is 0. The van der Waals surface area contributed by atoms with Gasteiger partial charge >= 0.3 is 6.09 Å². The van der Waals surface area contributed by atoms with Crippen LogP contribution in [0.1, 0.15) is 25.7 Å². The van der Waals surface area contributed by atoms with E-state index in [1.54, 1.807) is 12.1 Å². The first-order valence-corrected chi connectivity index (χ1v) is 6.34. The molecule has 2 aliphatic carbocycles. The molecular weight excluding hydrogens is 214 g/mol. The van der Waals surface area contributed by atoms with Gasteiger partial charge in [0.05, 0.1) is 0 Å². The molecule has 1 N–H and O–H groups in total. The van der Waals surface area contributed by atoms with Crippen LogP contribution in [0.5, 0.6) is 5.75 Å². The molecule has 3 nitrogen and oxygen atoms in total. The largest absolute Gasteiger partial charge is 0.412 e. The minimum absolute atomic E-state index is 0.311. The first-order valence-electron chi connectivity index (χ1n) is 6.34. The van der Waals surface area contributed by atoms with Crippen molar-refractivity contribution in [2.24, 2.45) is 11.8 Å². The van der Waals surface area contributed by atoms with Crippen molar-refractivity contribution >= 4 is 6.09 Å². The van der Waals surface area contributed by atoms with E-state index in [0.717, 1.165) is 12.3 Å². The van der Waals surface area contributed by atoms with Crippen LogP contribution >= 0.6 is 0 Å². The maximum atomic E-state index is 11.7. The van der Waals surface area contributed by atoms with Gasteiger partial charge in [0, 0.05) is 6.04 Å². The molecule has 2 bridgehead atoms. The van der Waals surface area contributed by atoms with E-state index in [-0.39, 0.29) is 6.09 Å². The molecule has 2 fully saturated rings. The van der Waals surface area contributed by atoms with Crippen molar-refractivity contribution in [3.63, 3.8) is 0 Å². The summed E-state index contributed by atoms with van der Waals surface area (Å²) in [5.74, 6) is 2.12. The maximum absolute atomic E-state index is 11.7. The molecule has 1 amide bonds. The molecule has 2 unspecified atom stereocenters. The Morgan fingerprint density at radius 2 is 2.00 bits per heavy atom. The molecule has 0 radical (unpaired) electrons. The summed E-state index contributed by atoms with van der Waals surface area (Å²) in [4.78, 5) is 11.7. The molecule has 0 aromatic heterocycles. The lowest BCUT2D eigenvalue weighted by Crippen LogP contribution is -2.40. The Kier molecular flexibility index (Phi) is 2.75. The van der Waals surface area contributed by atoms with Crippen molar-refractivity contribution in [3.05, 3.63) is 30.3 Å². The number of amides is 1. The highest BCUT2D eigenvalue weighted by Crippen LogP contribution is 2.44. The van der Waals surface area contributed by atoms with Crippen LogP contribution < -0.4 is 10.1 Å². The molecular formula is C14H17NO2. The normalized spacial score (nSPS) is 30.2. The third kappa shape index (κ3) is 2.28. The van der Waals surface area contributed by atoms with Gasteiger partial charge in [-0.25, -0.2) is 4.79 Å². The first-order chi connectivity index (χ1) is 8.31. The molecule has 0 heterocycles. The third-order valence-electron chi connectivity index (χ3n) is 4.00. The number of ether oxygens (including phenoxy) is 1. The van der Waals surface area contributed by atoms with Gasteiger partial charge in [-0.2, -0.15) is 0 Å². The Balaban J connectivity index is 1.54. The number of hydrogen-bond donors (Lipinski definition) is 1. The lowest BCUT2D eigenvalue weighted by atomic mass is 9.96. The monoisotopic (exact) mass is 231 g/mol. The molecule has 2 saturated carbocycles. The van der Waals surface area contributed by atoms with E-state index in [4.69, 9.17) is 4.74 Å². The Hall–Kier alpha value is -1.51. The zero-order valence-electron chi connectivity index (χ0n) is 9.76. The Labute approximate surface area is 101 Å². The average molecular weight is 231 g/mol. The smallest absolute Gasteiger partial charge is 0.410 e. The van der Waals surface area contributed by atoms with E-state index < -0.39 is 0 Å². The van der Waals surface area contributed by atoms with Crippen LogP contribution in [0.15, 0.2) is 30.3 Å². The van der Waals surface area contributed by atoms with E-state index in [9.17, 15) is 4.79 Å². The van der Waals surface area contributed by atoms with Crippen LogP contribution in [0.3, 0.4) is 0 Å². The van der Waals surface area contributed by atoms with Crippen molar-refractivity contribution in [1.29, 1.82) is 0 Å². The van der Waals surface area contributed by atoms with E-state index in [0.29, 0.717) is 17.7 Å². The van der Waals surface area contributed by atoms with Gasteiger partial charge in [-0.1, -0.05) is 24.6 Å². The second-order valence-electron chi connectivity index (χ2n) is 5.13. The zero-order chi connectivity index (χ0) is 11.7. The van der Waals surface area contributed by atoms with Crippen LogP contribution in [0.2, 0.25) is 0 Å². The maximum Gasteiger partial charge on any atom is 0.412 e. The number of hydrogen-bond acceptors (Lipinski definition) is 2. The summed E-state index contributed by atoms with van der Waals surface area (Å²) in [5, 5.41) is 3.00. The van der Waals surface area contributed by atoms with Crippen molar-refractivity contribution in [1.82, 2.24) is 5.32 Å². The van der Waals surface area contributed by atoms with Crippen molar-refractivity contribution < 1.29 is 9.53 Å². The molecule has 1 aromatic rings. The van der Waals surface area contributed by atoms with Crippen LogP contribution in [0, 0.1) is 11.8 Å². The molecule has 90 valence electrons. The molecule has 2 aliphatic rings. The summed E-state index contributed by atoms with van der Waals surface area (Å²) >= 11 is 0. The van der Waals surface area contributed by atoms with Gasteiger partial charge in [-0.3, -0.25) is 0 Å². The summed E-state index contributed by atoms with van der Waals surface area (Å²) in [5.41, 5.74) is 0. The highest BCUT2D eigenvalue weighted by atomic mass is 16.6. The molecule has 0 saturated heterocycles. The number of fused-ring (bicyclic) bond motifs is 2. The van der Waals surface area contributed by atoms with Crippen LogP contribution in [-0.4, -0.2) is 12.1 Å². The average Bonchev–Trinajstić information content (AvgIpc) is 2.92. The number of carbonyl (C=O) groups is 1. The van der Waals surface area contributed by atoms with E-state index in [2.05, 4.69) is 5.32 Å². The predicted octanol–water partition coefficient (Wildman–Crippen LogP) is 2.96. The lowest BCUT2D eigenvalue weighted by molar-refractivity contribution is 0.190. The fraction of sp³-hybridized carbons (Fsp3) is 0.500. The minimum Gasteiger partial charge on any atom is -0.410 e. The van der Waals surface area contributed by atoms with Gasteiger partial charge in [0.1, 0.15) is 5.75 Å². The summed E-state index contributed by atoms with van der Waals surface area (Å²) in [6.07, 6.45) is 4.72. The van der Waals surface area contributed by atoms with Crippen molar-refractivity contribution in [2.75, 3.05) is 0 Å². The predicted molar refractivity (Wildman–Crippen MR) is 64.8 cm³/mol. The Morgan fingerprint density at radius 1 is 1.18 bits per heavy atom. The van der Waals surface area contributed by atoms with Crippen molar-refractivity contribution in [2.45, 2.75) is 31.7 Å². The van der Waals surface area contributed by atoms with E-state index in [1.165, 1.54) is 19.3 Å². The third-order valence-corrected chi connectivity index (χ3v) is 4.00. The molecule has 3 rings (SSSR count). The second-order valence-corrected chi connectivity index (χ2v) is 5.13. The summed E-state index contributed by atoms with van der Waals surface area (Å²) in [6, 6.07) is 9.55. The van der Waals surface area contributed by atoms with Gasteiger partial charge in [-0.05, 0) is 43.2 Å². The zero-order valence-corrected chi connectivity index (χ0v) is 9.76. The van der Waals surface area contributed by atoms with Crippen molar-refractivity contribution in [3.8, 4) is 5.75 Å². The summed E-state index contributed by atoms with van der Waals surface area (Å²) < 4.78 is 5.23. The number of nitrogens with one attached hydrogen (secondary N) is 1. The molecule has 3 heteroatoms. The number of para-hydroxylation sites is 1. The molecule has 0 aliphatic heterocycles. The Bertz CT molecular complexity index is 404. The van der Waals surface area contributed by atoms with Gasteiger partial charge in [-0.15, -0.1) is 0 Å². The number of carbonyl (C=O) groups excluding carboxylic acids is 1. The summed E-state index contributed by atoms with van der Waals surface area (Å²) in [6.45, 7) is 0. The van der Waals surface area contributed by atoms with Gasteiger partial charge in [0.15, 0.2) is 0 Å². The standard InChI is InChI=1S/C14H17NO2/c16-14(17-12-4-2-1-3-5-12)15-13-9-10-6-7-11(13)8-10/h1-5,10-11,13H,6-9H2,(H,15,16)/t10?,11?,13-/m1/s1. The quantitative estimate of drug-likeness (QED) is 0.849. The molecule has 0 spiro atoms. The topological polar surface area (TPSA) is 38.3 Å². The minimum atomic E-state index is -0.311. The number of rotatable bonds is 2. The lowest BCUT2D eigenvalue weighted by Gasteiger charge is -2.22. The van der Waals surface area contributed by atoms with E-state index >= 15 is 0 Å². The Morgan fingerprint density at radius 3 is 2.65 bits per heavy atom.